The van der Waals surface area contributed by atoms with Crippen LogP contribution in [0.2, 0.25) is 0 Å². The maximum absolute atomic E-state index is 13.8. The number of rotatable bonds is 2. The number of benzene rings is 2. The number of nitrogen functional groups attached to an aromatic ring is 1. The van der Waals surface area contributed by atoms with Crippen LogP contribution in [0.25, 0.3) is 16.7 Å². The van der Waals surface area contributed by atoms with Crippen molar-refractivity contribution in [3.8, 4) is 11.4 Å². The molecule has 21 heavy (non-hydrogen) atoms. The Balaban J connectivity index is 2.27. The van der Waals surface area contributed by atoms with Gasteiger partial charge in [0.25, 0.3) is 0 Å². The fourth-order valence-corrected chi connectivity index (χ4v) is 3.02. The Morgan fingerprint density at radius 2 is 1.95 bits per heavy atom. The monoisotopic (exact) mass is 413 g/mol. The van der Waals surface area contributed by atoms with Crippen molar-refractivity contribution in [3.63, 3.8) is 0 Å². The third kappa shape index (κ3) is 2.40. The molecule has 2 aromatic carbocycles. The van der Waals surface area contributed by atoms with Crippen LogP contribution in [0.5, 0.6) is 5.75 Å². The van der Waals surface area contributed by atoms with Gasteiger partial charge in [0.15, 0.2) is 0 Å². The van der Waals surface area contributed by atoms with E-state index in [1.54, 1.807) is 23.8 Å². The Kier molecular flexibility index (Phi) is 3.62. The lowest BCUT2D eigenvalue weighted by Crippen LogP contribution is -2.01. The molecule has 4 nitrogen and oxygen atoms in total. The van der Waals surface area contributed by atoms with Crippen LogP contribution in [0.3, 0.4) is 0 Å². The van der Waals surface area contributed by atoms with Crippen LogP contribution in [0, 0.1) is 5.82 Å². The van der Waals surface area contributed by atoms with E-state index < -0.39 is 0 Å². The molecule has 0 aliphatic carbocycles. The van der Waals surface area contributed by atoms with Gasteiger partial charge in [0.05, 0.1) is 32.8 Å². The summed E-state index contributed by atoms with van der Waals surface area (Å²) < 4.78 is 21.8. The minimum atomic E-state index is -0.365. The van der Waals surface area contributed by atoms with Crippen molar-refractivity contribution in [2.24, 2.45) is 0 Å². The van der Waals surface area contributed by atoms with E-state index in [1.165, 1.54) is 6.07 Å². The van der Waals surface area contributed by atoms with Gasteiger partial charge in [-0.1, -0.05) is 0 Å². The Hall–Kier alpha value is -1.60. The zero-order valence-electron chi connectivity index (χ0n) is 10.9. The van der Waals surface area contributed by atoms with Crippen LogP contribution in [0.4, 0.5) is 10.3 Å². The average Bonchev–Trinajstić information content (AvgIpc) is 2.74. The predicted molar refractivity (Wildman–Crippen MR) is 87.4 cm³/mol. The van der Waals surface area contributed by atoms with Crippen molar-refractivity contribution in [2.45, 2.75) is 0 Å². The molecule has 3 aromatic rings. The highest BCUT2D eigenvalue weighted by molar-refractivity contribution is 9.10. The van der Waals surface area contributed by atoms with E-state index in [2.05, 4.69) is 36.8 Å². The third-order valence-electron chi connectivity index (χ3n) is 3.12. The molecule has 3 rings (SSSR count). The molecule has 0 unspecified atom stereocenters. The maximum Gasteiger partial charge on any atom is 0.205 e. The average molecular weight is 415 g/mol. The summed E-state index contributed by atoms with van der Waals surface area (Å²) in [6.45, 7) is 0. The van der Waals surface area contributed by atoms with Crippen LogP contribution in [0.15, 0.2) is 39.3 Å². The van der Waals surface area contributed by atoms with Crippen molar-refractivity contribution in [3.05, 3.63) is 45.1 Å². The molecule has 0 fully saturated rings. The molecule has 0 saturated carbocycles. The van der Waals surface area contributed by atoms with Gasteiger partial charge in [0.2, 0.25) is 5.95 Å². The Morgan fingerprint density at radius 3 is 2.62 bits per heavy atom. The first-order valence-electron chi connectivity index (χ1n) is 5.98. The molecule has 0 aliphatic heterocycles. The maximum atomic E-state index is 13.8. The van der Waals surface area contributed by atoms with Crippen molar-refractivity contribution in [1.82, 2.24) is 9.55 Å². The lowest BCUT2D eigenvalue weighted by atomic mass is 10.2. The van der Waals surface area contributed by atoms with Gasteiger partial charge in [0.1, 0.15) is 11.6 Å². The highest BCUT2D eigenvalue weighted by atomic mass is 79.9. The summed E-state index contributed by atoms with van der Waals surface area (Å²) in [5.41, 5.74) is 7.96. The van der Waals surface area contributed by atoms with E-state index in [0.717, 1.165) is 10.2 Å². The van der Waals surface area contributed by atoms with E-state index >= 15 is 0 Å². The largest absolute Gasteiger partial charge is 0.496 e. The highest BCUT2D eigenvalue weighted by Gasteiger charge is 2.14. The van der Waals surface area contributed by atoms with Gasteiger partial charge in [-0.2, -0.15) is 0 Å². The molecule has 0 atom stereocenters. The molecule has 0 bridgehead atoms. The van der Waals surface area contributed by atoms with Gasteiger partial charge in [-0.15, -0.1) is 0 Å². The van der Waals surface area contributed by atoms with Crippen molar-refractivity contribution < 1.29 is 9.13 Å². The second-order valence-electron chi connectivity index (χ2n) is 4.38. The summed E-state index contributed by atoms with van der Waals surface area (Å²) in [6.07, 6.45) is 0. The topological polar surface area (TPSA) is 53.1 Å². The quantitative estimate of drug-likeness (QED) is 0.680. The second kappa shape index (κ2) is 5.31. The number of halogens is 3. The fourth-order valence-electron chi connectivity index (χ4n) is 2.16. The highest BCUT2D eigenvalue weighted by Crippen LogP contribution is 2.31. The fraction of sp³-hybridized carbons (Fsp3) is 0.0714. The van der Waals surface area contributed by atoms with Gasteiger partial charge >= 0.3 is 0 Å². The van der Waals surface area contributed by atoms with Gasteiger partial charge in [-0.25, -0.2) is 9.37 Å². The Labute approximate surface area is 137 Å². The minimum Gasteiger partial charge on any atom is -0.496 e. The summed E-state index contributed by atoms with van der Waals surface area (Å²) in [4.78, 5) is 4.26. The van der Waals surface area contributed by atoms with E-state index in [-0.39, 0.29) is 5.82 Å². The summed E-state index contributed by atoms with van der Waals surface area (Å²) in [5.74, 6) is 0.631. The Bertz CT molecular complexity index is 848. The number of hydrogen-bond donors (Lipinski definition) is 1. The summed E-state index contributed by atoms with van der Waals surface area (Å²) in [5, 5.41) is 0. The predicted octanol–water partition coefficient (Wildman–Crippen LogP) is 4.28. The van der Waals surface area contributed by atoms with Gasteiger partial charge in [0, 0.05) is 6.07 Å². The molecule has 0 spiro atoms. The van der Waals surface area contributed by atoms with Crippen molar-refractivity contribution in [2.75, 3.05) is 12.8 Å². The van der Waals surface area contributed by atoms with Crippen molar-refractivity contribution in [1.29, 1.82) is 0 Å². The molecular weight excluding hydrogens is 405 g/mol. The van der Waals surface area contributed by atoms with E-state index in [4.69, 9.17) is 10.5 Å². The van der Waals surface area contributed by atoms with Gasteiger partial charge in [-0.3, -0.25) is 4.57 Å². The first-order chi connectivity index (χ1) is 10.0. The number of ether oxygens (including phenoxy) is 1. The Morgan fingerprint density at radius 1 is 1.19 bits per heavy atom. The second-order valence-corrected chi connectivity index (χ2v) is 6.09. The number of methoxy groups -OCH3 is 1. The molecule has 7 heteroatoms. The lowest BCUT2D eigenvalue weighted by molar-refractivity contribution is 0.412. The molecule has 2 N–H and O–H groups in total. The van der Waals surface area contributed by atoms with Gasteiger partial charge < -0.3 is 10.5 Å². The molecule has 0 radical (unpaired) electrons. The summed E-state index contributed by atoms with van der Waals surface area (Å²) in [7, 11) is 1.59. The van der Waals surface area contributed by atoms with E-state index in [1.807, 2.05) is 12.1 Å². The molecule has 0 aliphatic rings. The number of fused-ring (bicyclic) bond motifs is 1. The standard InChI is InChI=1S/C14H10Br2FN3O/c1-21-13-3-2-7(4-9(13)16)20-12-6-10(17)8(15)5-11(12)19-14(20)18/h2-6H,1H3,(H2,18,19). The molecule has 108 valence electrons. The molecule has 0 amide bonds. The normalized spacial score (nSPS) is 11.0. The summed E-state index contributed by atoms with van der Waals surface area (Å²) >= 11 is 6.57. The number of anilines is 1. The van der Waals surface area contributed by atoms with Crippen molar-refractivity contribution >= 4 is 48.8 Å². The first-order valence-corrected chi connectivity index (χ1v) is 7.56. The number of nitrogens with two attached hydrogens (primary N) is 1. The number of hydrogen-bond acceptors (Lipinski definition) is 3. The first kappa shape index (κ1) is 14.3. The third-order valence-corrected chi connectivity index (χ3v) is 4.34. The van der Waals surface area contributed by atoms with E-state index in [9.17, 15) is 4.39 Å². The zero-order valence-corrected chi connectivity index (χ0v) is 14.1. The van der Waals surface area contributed by atoms with Crippen LogP contribution in [-0.2, 0) is 0 Å². The number of imidazole rings is 1. The molecule has 1 heterocycles. The zero-order chi connectivity index (χ0) is 15.1. The smallest absolute Gasteiger partial charge is 0.205 e. The number of nitrogens with zero attached hydrogens (tertiary/aromatic N) is 2. The SMILES string of the molecule is COc1ccc(-n2c(N)nc3cc(Br)c(F)cc32)cc1Br. The molecular formula is C14H10Br2FN3O. The van der Waals surface area contributed by atoms with Crippen LogP contribution >= 0.6 is 31.9 Å². The lowest BCUT2D eigenvalue weighted by Gasteiger charge is -2.09. The van der Waals surface area contributed by atoms with Gasteiger partial charge in [-0.05, 0) is 56.1 Å². The van der Waals surface area contributed by atoms with Crippen LogP contribution < -0.4 is 10.5 Å². The van der Waals surface area contributed by atoms with Crippen LogP contribution in [-0.4, -0.2) is 16.7 Å². The molecule has 0 saturated heterocycles. The van der Waals surface area contributed by atoms with E-state index in [0.29, 0.717) is 27.2 Å². The summed E-state index contributed by atoms with van der Waals surface area (Å²) in [6, 6.07) is 8.49. The minimum absolute atomic E-state index is 0.291. The van der Waals surface area contributed by atoms with Crippen LogP contribution in [0.1, 0.15) is 0 Å². The molecule has 1 aromatic heterocycles. The number of aromatic nitrogens is 2.